The Morgan fingerprint density at radius 2 is 2.05 bits per heavy atom. The molecule has 0 radical (unpaired) electrons. The van der Waals surface area contributed by atoms with E-state index in [0.717, 1.165) is 29.7 Å². The van der Waals surface area contributed by atoms with Crippen molar-refractivity contribution in [3.05, 3.63) is 48.9 Å². The number of aryl methyl sites for hydroxylation is 3. The minimum atomic E-state index is -0.0472. The fourth-order valence-corrected chi connectivity index (χ4v) is 2.64. The summed E-state index contributed by atoms with van der Waals surface area (Å²) in [6.45, 7) is 6.19. The van der Waals surface area contributed by atoms with Crippen LogP contribution in [0.1, 0.15) is 30.2 Å². The minimum Gasteiger partial charge on any atom is -0.306 e. The minimum absolute atomic E-state index is 0.0472. The lowest BCUT2D eigenvalue weighted by molar-refractivity contribution is 0.860. The second kappa shape index (κ2) is 5.86. The van der Waals surface area contributed by atoms with Gasteiger partial charge in [-0.1, -0.05) is 37.1 Å². The Morgan fingerprint density at radius 3 is 2.68 bits per heavy atom. The van der Waals surface area contributed by atoms with E-state index < -0.39 is 0 Å². The third kappa shape index (κ3) is 3.05. The second-order valence-electron chi connectivity index (χ2n) is 4.74. The fraction of sp³-hybridized carbons (Fsp3) is 0.333. The molecule has 0 amide bonds. The molecule has 1 aromatic carbocycles. The SMILES string of the molecule is CCCc1nc(-c2ccc(C)cc2C)[nH]c(=O)c1I. The van der Waals surface area contributed by atoms with E-state index in [1.54, 1.807) is 0 Å². The molecule has 0 atom stereocenters. The summed E-state index contributed by atoms with van der Waals surface area (Å²) in [6, 6.07) is 6.16. The molecule has 0 aliphatic rings. The number of halogens is 1. The molecular weight excluding hydrogens is 351 g/mol. The number of rotatable bonds is 3. The largest absolute Gasteiger partial charge is 0.306 e. The van der Waals surface area contributed by atoms with Crippen molar-refractivity contribution in [3.63, 3.8) is 0 Å². The molecule has 2 aromatic rings. The second-order valence-corrected chi connectivity index (χ2v) is 5.82. The molecule has 1 aromatic heterocycles. The van der Waals surface area contributed by atoms with Crippen molar-refractivity contribution < 1.29 is 0 Å². The van der Waals surface area contributed by atoms with Crippen molar-refractivity contribution in [2.24, 2.45) is 0 Å². The normalized spacial score (nSPS) is 10.7. The standard InChI is InChI=1S/C15H17IN2O/c1-4-5-12-13(16)15(19)18-14(17-12)11-7-6-9(2)8-10(11)3/h6-8H,4-5H2,1-3H3,(H,17,18,19). The van der Waals surface area contributed by atoms with E-state index in [9.17, 15) is 4.79 Å². The van der Waals surface area contributed by atoms with E-state index >= 15 is 0 Å². The molecule has 0 aliphatic heterocycles. The predicted octanol–water partition coefficient (Wildman–Crippen LogP) is 3.61. The Hall–Kier alpha value is -1.17. The van der Waals surface area contributed by atoms with Crippen LogP contribution in [0.15, 0.2) is 23.0 Å². The third-order valence-electron chi connectivity index (χ3n) is 3.06. The van der Waals surface area contributed by atoms with Gasteiger partial charge < -0.3 is 4.98 Å². The third-order valence-corrected chi connectivity index (χ3v) is 4.17. The van der Waals surface area contributed by atoms with Crippen LogP contribution in [0.2, 0.25) is 0 Å². The summed E-state index contributed by atoms with van der Waals surface area (Å²) >= 11 is 2.07. The summed E-state index contributed by atoms with van der Waals surface area (Å²) in [5.74, 6) is 0.673. The Morgan fingerprint density at radius 1 is 1.32 bits per heavy atom. The topological polar surface area (TPSA) is 45.8 Å². The van der Waals surface area contributed by atoms with Crippen LogP contribution in [-0.2, 0) is 6.42 Å². The number of hydrogen-bond acceptors (Lipinski definition) is 2. The lowest BCUT2D eigenvalue weighted by Crippen LogP contribution is -2.16. The number of nitrogens with zero attached hydrogens (tertiary/aromatic N) is 1. The lowest BCUT2D eigenvalue weighted by atomic mass is 10.1. The molecule has 0 saturated carbocycles. The molecule has 4 heteroatoms. The zero-order valence-corrected chi connectivity index (χ0v) is 13.5. The van der Waals surface area contributed by atoms with Crippen molar-refractivity contribution in [1.29, 1.82) is 0 Å². The van der Waals surface area contributed by atoms with Gasteiger partial charge in [-0.15, -0.1) is 0 Å². The molecule has 0 aliphatic carbocycles. The van der Waals surface area contributed by atoms with Gasteiger partial charge in [0.2, 0.25) is 0 Å². The molecule has 100 valence electrons. The van der Waals surface area contributed by atoms with E-state index in [-0.39, 0.29) is 5.56 Å². The van der Waals surface area contributed by atoms with Crippen LogP contribution in [0.5, 0.6) is 0 Å². The summed E-state index contributed by atoms with van der Waals surface area (Å²) in [5.41, 5.74) is 4.18. The Bertz CT molecular complexity index is 662. The first-order chi connectivity index (χ1) is 9.02. The van der Waals surface area contributed by atoms with E-state index in [1.807, 2.05) is 19.1 Å². The van der Waals surface area contributed by atoms with Crippen LogP contribution in [0.4, 0.5) is 0 Å². The predicted molar refractivity (Wildman–Crippen MR) is 86.5 cm³/mol. The van der Waals surface area contributed by atoms with Gasteiger partial charge in [-0.2, -0.15) is 0 Å². The maximum Gasteiger partial charge on any atom is 0.264 e. The van der Waals surface area contributed by atoms with Gasteiger partial charge in [0.1, 0.15) is 5.82 Å². The maximum absolute atomic E-state index is 12.0. The number of benzene rings is 1. The lowest BCUT2D eigenvalue weighted by Gasteiger charge is -2.09. The van der Waals surface area contributed by atoms with Crippen LogP contribution < -0.4 is 5.56 Å². The van der Waals surface area contributed by atoms with E-state index in [1.165, 1.54) is 5.56 Å². The Labute approximate surface area is 126 Å². The smallest absolute Gasteiger partial charge is 0.264 e. The average Bonchev–Trinajstić information content (AvgIpc) is 2.35. The van der Waals surface area contributed by atoms with E-state index in [4.69, 9.17) is 0 Å². The van der Waals surface area contributed by atoms with Crippen molar-refractivity contribution in [3.8, 4) is 11.4 Å². The monoisotopic (exact) mass is 368 g/mol. The van der Waals surface area contributed by atoms with Gasteiger partial charge in [-0.05, 0) is 48.4 Å². The fourth-order valence-electron chi connectivity index (χ4n) is 2.11. The molecule has 3 nitrogen and oxygen atoms in total. The number of H-pyrrole nitrogens is 1. The van der Waals surface area contributed by atoms with E-state index in [2.05, 4.69) is 52.5 Å². The summed E-state index contributed by atoms with van der Waals surface area (Å²) in [4.78, 5) is 19.5. The highest BCUT2D eigenvalue weighted by molar-refractivity contribution is 14.1. The molecule has 19 heavy (non-hydrogen) atoms. The van der Waals surface area contributed by atoms with Gasteiger partial charge in [0.25, 0.3) is 5.56 Å². The van der Waals surface area contributed by atoms with Crippen molar-refractivity contribution in [2.45, 2.75) is 33.6 Å². The van der Waals surface area contributed by atoms with Crippen molar-refractivity contribution in [1.82, 2.24) is 9.97 Å². The number of aromatic amines is 1. The Balaban J connectivity index is 2.59. The molecule has 0 fully saturated rings. The van der Waals surface area contributed by atoms with Gasteiger partial charge in [0.15, 0.2) is 0 Å². The highest BCUT2D eigenvalue weighted by Crippen LogP contribution is 2.21. The van der Waals surface area contributed by atoms with Crippen LogP contribution >= 0.6 is 22.6 Å². The summed E-state index contributed by atoms with van der Waals surface area (Å²) in [6.07, 6.45) is 1.82. The van der Waals surface area contributed by atoms with Crippen LogP contribution in [0.25, 0.3) is 11.4 Å². The maximum atomic E-state index is 12.0. The van der Waals surface area contributed by atoms with Gasteiger partial charge in [-0.25, -0.2) is 4.98 Å². The quantitative estimate of drug-likeness (QED) is 0.842. The number of aromatic nitrogens is 2. The summed E-state index contributed by atoms with van der Waals surface area (Å²) in [7, 11) is 0. The number of nitrogens with one attached hydrogen (secondary N) is 1. The molecule has 1 N–H and O–H groups in total. The zero-order valence-electron chi connectivity index (χ0n) is 11.4. The van der Waals surface area contributed by atoms with E-state index in [0.29, 0.717) is 9.39 Å². The molecule has 0 bridgehead atoms. The van der Waals surface area contributed by atoms with Crippen LogP contribution in [0.3, 0.4) is 0 Å². The van der Waals surface area contributed by atoms with Gasteiger partial charge in [-0.3, -0.25) is 4.79 Å². The molecule has 0 saturated heterocycles. The van der Waals surface area contributed by atoms with Crippen molar-refractivity contribution >= 4 is 22.6 Å². The molecule has 2 rings (SSSR count). The molecule has 1 heterocycles. The number of hydrogen-bond donors (Lipinski definition) is 1. The summed E-state index contributed by atoms with van der Waals surface area (Å²) < 4.78 is 0.702. The molecular formula is C15H17IN2O. The first-order valence-electron chi connectivity index (χ1n) is 6.39. The highest BCUT2D eigenvalue weighted by atomic mass is 127. The molecule has 0 spiro atoms. The zero-order chi connectivity index (χ0) is 14.0. The average molecular weight is 368 g/mol. The highest BCUT2D eigenvalue weighted by Gasteiger charge is 2.11. The van der Waals surface area contributed by atoms with Gasteiger partial charge in [0.05, 0.1) is 9.26 Å². The van der Waals surface area contributed by atoms with Crippen LogP contribution in [-0.4, -0.2) is 9.97 Å². The first-order valence-corrected chi connectivity index (χ1v) is 7.47. The Kier molecular flexibility index (Phi) is 4.39. The molecule has 0 unspecified atom stereocenters. The first kappa shape index (κ1) is 14.2. The van der Waals surface area contributed by atoms with Gasteiger partial charge >= 0.3 is 0 Å². The summed E-state index contributed by atoms with van der Waals surface area (Å²) in [5, 5.41) is 0. The van der Waals surface area contributed by atoms with Crippen molar-refractivity contribution in [2.75, 3.05) is 0 Å². The van der Waals surface area contributed by atoms with Crippen LogP contribution in [0, 0.1) is 17.4 Å². The van der Waals surface area contributed by atoms with Gasteiger partial charge in [0, 0.05) is 5.56 Å².